The van der Waals surface area contributed by atoms with Crippen LogP contribution >= 0.6 is 11.6 Å². The second-order valence-electron chi connectivity index (χ2n) is 6.64. The highest BCUT2D eigenvalue weighted by Crippen LogP contribution is 2.26. The van der Waals surface area contributed by atoms with Crippen LogP contribution in [0.25, 0.3) is 0 Å². The van der Waals surface area contributed by atoms with Gasteiger partial charge in [0.1, 0.15) is 6.04 Å². The van der Waals surface area contributed by atoms with E-state index in [-0.39, 0.29) is 22.3 Å². The molecule has 30 heavy (non-hydrogen) atoms. The Kier molecular flexibility index (Phi) is 7.88. The van der Waals surface area contributed by atoms with Crippen molar-refractivity contribution in [1.82, 2.24) is 5.32 Å². The van der Waals surface area contributed by atoms with Gasteiger partial charge in [-0.3, -0.25) is 19.7 Å². The fourth-order valence-corrected chi connectivity index (χ4v) is 2.67. The Balaban J connectivity index is 1.94. The molecule has 2 aromatic carbocycles. The zero-order valence-electron chi connectivity index (χ0n) is 16.3. The predicted molar refractivity (Wildman–Crippen MR) is 110 cm³/mol. The molecule has 0 bridgehead atoms. The summed E-state index contributed by atoms with van der Waals surface area (Å²) in [4.78, 5) is 46.8. The second kappa shape index (κ2) is 10.4. The van der Waals surface area contributed by atoms with Gasteiger partial charge in [0.25, 0.3) is 17.5 Å². The lowest BCUT2D eigenvalue weighted by Crippen LogP contribution is -2.45. The number of nitro groups is 1. The average molecular weight is 434 g/mol. The summed E-state index contributed by atoms with van der Waals surface area (Å²) in [5.74, 6) is -2.17. The van der Waals surface area contributed by atoms with Crippen molar-refractivity contribution in [2.45, 2.75) is 19.9 Å². The number of nitrogens with one attached hydrogen (secondary N) is 2. The third-order valence-electron chi connectivity index (χ3n) is 4.03. The molecule has 2 rings (SSSR count). The number of anilines is 1. The minimum atomic E-state index is -0.950. The van der Waals surface area contributed by atoms with Gasteiger partial charge in [-0.1, -0.05) is 43.6 Å². The molecule has 10 heteroatoms. The van der Waals surface area contributed by atoms with Crippen molar-refractivity contribution in [3.8, 4) is 0 Å². The third-order valence-corrected chi connectivity index (χ3v) is 4.34. The maximum Gasteiger partial charge on any atom is 0.329 e. The summed E-state index contributed by atoms with van der Waals surface area (Å²) >= 11 is 5.91. The first-order chi connectivity index (χ1) is 14.2. The third kappa shape index (κ3) is 6.28. The predicted octanol–water partition coefficient (Wildman–Crippen LogP) is 3.18. The van der Waals surface area contributed by atoms with Gasteiger partial charge in [-0.15, -0.1) is 0 Å². The van der Waals surface area contributed by atoms with E-state index in [1.807, 2.05) is 0 Å². The second-order valence-corrected chi connectivity index (χ2v) is 7.05. The molecule has 0 saturated heterocycles. The minimum Gasteiger partial charge on any atom is -0.454 e. The summed E-state index contributed by atoms with van der Waals surface area (Å²) in [5.41, 5.74) is 0.306. The molecule has 0 aliphatic heterocycles. The van der Waals surface area contributed by atoms with Crippen molar-refractivity contribution in [2.24, 2.45) is 5.92 Å². The first-order valence-electron chi connectivity index (χ1n) is 8.95. The molecule has 0 aromatic heterocycles. The molecule has 0 radical (unpaired) electrons. The number of esters is 1. The van der Waals surface area contributed by atoms with Crippen molar-refractivity contribution in [1.29, 1.82) is 0 Å². The molecular weight excluding hydrogens is 414 g/mol. The van der Waals surface area contributed by atoms with Gasteiger partial charge in [-0.2, -0.15) is 0 Å². The van der Waals surface area contributed by atoms with Crippen LogP contribution in [0.2, 0.25) is 5.02 Å². The molecule has 0 fully saturated rings. The lowest BCUT2D eigenvalue weighted by atomic mass is 10.0. The first kappa shape index (κ1) is 22.8. The monoisotopic (exact) mass is 433 g/mol. The largest absolute Gasteiger partial charge is 0.454 e. The molecule has 0 saturated carbocycles. The average Bonchev–Trinajstić information content (AvgIpc) is 2.71. The zero-order valence-corrected chi connectivity index (χ0v) is 17.0. The molecular formula is C20H20ClN3O6. The van der Waals surface area contributed by atoms with Crippen molar-refractivity contribution in [2.75, 3.05) is 11.9 Å². The number of nitro benzene ring substituents is 1. The summed E-state index contributed by atoms with van der Waals surface area (Å²) in [5, 5.41) is 15.7. The van der Waals surface area contributed by atoms with Crippen LogP contribution in [0, 0.1) is 16.0 Å². The SMILES string of the molecule is CC(C)C(NC(=O)c1ccccc1)C(=O)OCC(=O)Nc1ccc([N+](=O)[O-])cc1Cl. The highest BCUT2D eigenvalue weighted by atomic mass is 35.5. The molecule has 1 unspecified atom stereocenters. The Bertz CT molecular complexity index is 949. The Morgan fingerprint density at radius 2 is 1.80 bits per heavy atom. The molecule has 0 heterocycles. The molecule has 0 spiro atoms. The standard InChI is InChI=1S/C20H20ClN3O6/c1-12(2)18(23-19(26)13-6-4-3-5-7-13)20(27)30-11-17(25)22-16-9-8-14(24(28)29)10-15(16)21/h3-10,12,18H,11H2,1-2H3,(H,22,25)(H,23,26). The number of hydrogen-bond acceptors (Lipinski definition) is 6. The van der Waals surface area contributed by atoms with E-state index in [1.165, 1.54) is 12.1 Å². The molecule has 158 valence electrons. The van der Waals surface area contributed by atoms with Crippen LogP contribution in [0.3, 0.4) is 0 Å². The lowest BCUT2D eigenvalue weighted by Gasteiger charge is -2.20. The van der Waals surface area contributed by atoms with Crippen LogP contribution in [0.15, 0.2) is 48.5 Å². The highest BCUT2D eigenvalue weighted by molar-refractivity contribution is 6.34. The van der Waals surface area contributed by atoms with E-state index < -0.39 is 35.4 Å². The van der Waals surface area contributed by atoms with Gasteiger partial charge in [0, 0.05) is 17.7 Å². The van der Waals surface area contributed by atoms with Crippen LogP contribution in [-0.4, -0.2) is 35.4 Å². The van der Waals surface area contributed by atoms with E-state index >= 15 is 0 Å². The fourth-order valence-electron chi connectivity index (χ4n) is 2.44. The van der Waals surface area contributed by atoms with Crippen molar-refractivity contribution < 1.29 is 24.0 Å². The van der Waals surface area contributed by atoms with Gasteiger partial charge in [0.05, 0.1) is 15.6 Å². The maximum atomic E-state index is 12.4. The number of rotatable bonds is 8. The summed E-state index contributed by atoms with van der Waals surface area (Å²) in [7, 11) is 0. The van der Waals surface area contributed by atoms with Gasteiger partial charge in [-0.25, -0.2) is 4.79 Å². The first-order valence-corrected chi connectivity index (χ1v) is 9.33. The van der Waals surface area contributed by atoms with E-state index in [0.29, 0.717) is 5.56 Å². The number of amides is 2. The summed E-state index contributed by atoms with van der Waals surface area (Å²) in [6.07, 6.45) is 0. The molecule has 2 N–H and O–H groups in total. The number of carbonyl (C=O) groups is 3. The number of carbonyl (C=O) groups excluding carboxylic acids is 3. The number of non-ortho nitro benzene ring substituents is 1. The summed E-state index contributed by atoms with van der Waals surface area (Å²) < 4.78 is 5.02. The van der Waals surface area contributed by atoms with E-state index in [0.717, 1.165) is 6.07 Å². The van der Waals surface area contributed by atoms with E-state index in [2.05, 4.69) is 10.6 Å². The highest BCUT2D eigenvalue weighted by Gasteiger charge is 2.27. The van der Waals surface area contributed by atoms with Crippen LogP contribution in [0.1, 0.15) is 24.2 Å². The van der Waals surface area contributed by atoms with E-state index in [1.54, 1.807) is 44.2 Å². The summed E-state index contributed by atoms with van der Waals surface area (Å²) in [6, 6.07) is 11.0. The topological polar surface area (TPSA) is 128 Å². The van der Waals surface area contributed by atoms with Crippen LogP contribution in [0.5, 0.6) is 0 Å². The normalized spacial score (nSPS) is 11.5. The van der Waals surface area contributed by atoms with Crippen molar-refractivity contribution in [3.05, 3.63) is 69.2 Å². The van der Waals surface area contributed by atoms with Crippen LogP contribution < -0.4 is 10.6 Å². The van der Waals surface area contributed by atoms with Gasteiger partial charge in [0.2, 0.25) is 0 Å². The zero-order chi connectivity index (χ0) is 22.3. The number of nitrogens with zero attached hydrogens (tertiary/aromatic N) is 1. The van der Waals surface area contributed by atoms with E-state index in [9.17, 15) is 24.5 Å². The summed E-state index contributed by atoms with van der Waals surface area (Å²) in [6.45, 7) is 2.85. The molecule has 0 aliphatic rings. The molecule has 2 amide bonds. The Morgan fingerprint density at radius 3 is 2.37 bits per heavy atom. The smallest absolute Gasteiger partial charge is 0.329 e. The van der Waals surface area contributed by atoms with Gasteiger partial charge in [-0.05, 0) is 24.1 Å². The number of hydrogen-bond donors (Lipinski definition) is 2. The Hall–Kier alpha value is -3.46. The molecule has 2 aromatic rings. The maximum absolute atomic E-state index is 12.4. The molecule has 9 nitrogen and oxygen atoms in total. The lowest BCUT2D eigenvalue weighted by molar-refractivity contribution is -0.384. The van der Waals surface area contributed by atoms with Gasteiger partial charge >= 0.3 is 5.97 Å². The molecule has 1 atom stereocenters. The minimum absolute atomic E-state index is 0.0287. The Morgan fingerprint density at radius 1 is 1.13 bits per heavy atom. The van der Waals surface area contributed by atoms with Crippen LogP contribution in [0.4, 0.5) is 11.4 Å². The fraction of sp³-hybridized carbons (Fsp3) is 0.250. The van der Waals surface area contributed by atoms with Gasteiger partial charge in [0.15, 0.2) is 6.61 Å². The quantitative estimate of drug-likeness (QED) is 0.374. The van der Waals surface area contributed by atoms with Crippen LogP contribution in [-0.2, 0) is 14.3 Å². The van der Waals surface area contributed by atoms with Crippen molar-refractivity contribution in [3.63, 3.8) is 0 Å². The van der Waals surface area contributed by atoms with E-state index in [4.69, 9.17) is 16.3 Å². The van der Waals surface area contributed by atoms with Gasteiger partial charge < -0.3 is 15.4 Å². The number of ether oxygens (including phenoxy) is 1. The number of halogens is 1. The van der Waals surface area contributed by atoms with Crippen molar-refractivity contribution >= 4 is 40.8 Å². The Labute approximate surface area is 177 Å². The number of benzene rings is 2. The molecule has 0 aliphatic carbocycles.